The van der Waals surface area contributed by atoms with Crippen molar-refractivity contribution in [2.45, 2.75) is 139 Å². The molecule has 8 atom stereocenters. The van der Waals surface area contributed by atoms with Crippen molar-refractivity contribution < 1.29 is 52.7 Å². The number of carbonyl (C=O) groups is 11. The van der Waals surface area contributed by atoms with Crippen LogP contribution in [0.1, 0.15) is 89.2 Å². The van der Waals surface area contributed by atoms with Gasteiger partial charge in [-0.15, -0.1) is 0 Å². The minimum atomic E-state index is -1.50. The fourth-order valence-corrected chi connectivity index (χ4v) is 8.74. The van der Waals surface area contributed by atoms with E-state index in [4.69, 9.17) is 28.7 Å². The molecule has 0 aliphatic carbocycles. The number of nitrogens with one attached hydrogen (secondary N) is 8. The zero-order valence-corrected chi connectivity index (χ0v) is 42.8. The molecule has 12 amide bonds. The lowest BCUT2D eigenvalue weighted by molar-refractivity contribution is -0.142. The molecule has 26 heteroatoms. The van der Waals surface area contributed by atoms with Crippen LogP contribution in [0.25, 0.3) is 0 Å². The highest BCUT2D eigenvalue weighted by molar-refractivity contribution is 5.99. The van der Waals surface area contributed by atoms with E-state index in [0.717, 1.165) is 0 Å². The van der Waals surface area contributed by atoms with Gasteiger partial charge in [-0.1, -0.05) is 74.5 Å². The summed E-state index contributed by atoms with van der Waals surface area (Å²) in [5.74, 6) is -7.83. The Bertz CT molecular complexity index is 2400. The summed E-state index contributed by atoms with van der Waals surface area (Å²) in [4.78, 5) is 151. The van der Waals surface area contributed by atoms with Gasteiger partial charge in [-0.25, -0.2) is 4.79 Å². The van der Waals surface area contributed by atoms with Crippen molar-refractivity contribution in [2.24, 2.45) is 39.6 Å². The number of primary amides is 3. The summed E-state index contributed by atoms with van der Waals surface area (Å²) in [6.45, 7) is 3.77. The SMILES string of the molecule is CC(C)C[C@H](NC(=O)[C@H](Cc1ccccc1)NC(=O)[C@@H]1CCC(=O)N1)C(=O)N[C@@H](Cc1ccccc1)C(=O)N[C@@H](CCCNC(N)=O)C(=O)N1CCC[C@H]1C(=O)N[C@@H](CCCN=C(N)N)C(=O)N[C@@H](CC(N)=O)C(N)=O. The topological polar surface area (TPSA) is 430 Å². The number of hydrogen-bond acceptors (Lipinski definition) is 12. The average molecular weight is 1060 g/mol. The summed E-state index contributed by atoms with van der Waals surface area (Å²) in [5, 5.41) is 21.1. The van der Waals surface area contributed by atoms with Crippen molar-refractivity contribution in [1.82, 2.24) is 47.4 Å². The van der Waals surface area contributed by atoms with Crippen molar-refractivity contribution >= 4 is 71.1 Å². The number of amides is 12. The lowest BCUT2D eigenvalue weighted by Crippen LogP contribution is -2.60. The number of hydrogen-bond donors (Lipinski definition) is 13. The minimum Gasteiger partial charge on any atom is -0.370 e. The maximum Gasteiger partial charge on any atom is 0.312 e. The van der Waals surface area contributed by atoms with Crippen LogP contribution in [0.2, 0.25) is 0 Å². The zero-order chi connectivity index (χ0) is 55.9. The average Bonchev–Trinajstić information content (AvgIpc) is 4.05. The number of benzene rings is 2. The van der Waals surface area contributed by atoms with E-state index in [2.05, 4.69) is 47.5 Å². The maximum absolute atomic E-state index is 14.7. The summed E-state index contributed by atoms with van der Waals surface area (Å²) in [6.07, 6.45) is 0.435. The molecule has 2 aromatic rings. The Hall–Kier alpha value is -8.32. The molecule has 0 unspecified atom stereocenters. The minimum absolute atomic E-state index is 0.000630. The number of aliphatic imine (C=N–C) groups is 1. The first kappa shape index (κ1) is 60.2. The zero-order valence-electron chi connectivity index (χ0n) is 42.8. The second-order valence-corrected chi connectivity index (χ2v) is 19.2. The summed E-state index contributed by atoms with van der Waals surface area (Å²) >= 11 is 0. The highest BCUT2D eigenvalue weighted by atomic mass is 16.2. The normalized spacial score (nSPS) is 17.2. The first-order valence-corrected chi connectivity index (χ1v) is 25.3. The smallest absolute Gasteiger partial charge is 0.312 e. The summed E-state index contributed by atoms with van der Waals surface area (Å²) < 4.78 is 0. The van der Waals surface area contributed by atoms with Crippen LogP contribution in [-0.2, 0) is 60.8 Å². The number of urea groups is 1. The fraction of sp³-hybridized carbons (Fsp3) is 0.520. The van der Waals surface area contributed by atoms with E-state index in [1.54, 1.807) is 60.7 Å². The predicted molar refractivity (Wildman–Crippen MR) is 277 cm³/mol. The quantitative estimate of drug-likeness (QED) is 0.0206. The molecule has 0 radical (unpaired) electrons. The van der Waals surface area contributed by atoms with Gasteiger partial charge in [0.1, 0.15) is 48.3 Å². The van der Waals surface area contributed by atoms with Gasteiger partial charge in [0.05, 0.1) is 6.42 Å². The molecule has 2 heterocycles. The molecule has 18 N–H and O–H groups in total. The molecular weight excluding hydrogens is 987 g/mol. The van der Waals surface area contributed by atoms with E-state index in [1.165, 1.54) is 4.90 Å². The molecule has 76 heavy (non-hydrogen) atoms. The van der Waals surface area contributed by atoms with Gasteiger partial charge in [-0.3, -0.25) is 52.9 Å². The largest absolute Gasteiger partial charge is 0.370 e. The second-order valence-electron chi connectivity index (χ2n) is 19.2. The Labute approximate surface area is 440 Å². The third-order valence-corrected chi connectivity index (χ3v) is 12.5. The highest BCUT2D eigenvalue weighted by Gasteiger charge is 2.40. The van der Waals surface area contributed by atoms with Crippen LogP contribution in [0.5, 0.6) is 0 Å². The number of nitrogens with two attached hydrogens (primary N) is 5. The Morgan fingerprint density at radius 2 is 1.17 bits per heavy atom. The first-order valence-electron chi connectivity index (χ1n) is 25.3. The van der Waals surface area contributed by atoms with Gasteiger partial charge in [0.15, 0.2) is 5.96 Å². The number of nitrogens with zero attached hydrogens (tertiary/aromatic N) is 2. The molecule has 0 aromatic heterocycles. The summed E-state index contributed by atoms with van der Waals surface area (Å²) in [6, 6.07) is 6.77. The molecule has 2 aliphatic heterocycles. The molecule has 2 aromatic carbocycles. The van der Waals surface area contributed by atoms with Gasteiger partial charge >= 0.3 is 6.03 Å². The number of rotatable bonds is 30. The van der Waals surface area contributed by atoms with Crippen LogP contribution in [0.15, 0.2) is 65.7 Å². The van der Waals surface area contributed by atoms with Crippen LogP contribution in [-0.4, -0.2) is 144 Å². The number of carbonyl (C=O) groups excluding carboxylic acids is 11. The third kappa shape index (κ3) is 20.2. The molecule has 2 fully saturated rings. The maximum atomic E-state index is 14.7. The van der Waals surface area contributed by atoms with Crippen molar-refractivity contribution in [2.75, 3.05) is 19.6 Å². The van der Waals surface area contributed by atoms with Crippen LogP contribution >= 0.6 is 0 Å². The van der Waals surface area contributed by atoms with E-state index < -0.39 is 114 Å². The third-order valence-electron chi connectivity index (χ3n) is 12.5. The molecule has 414 valence electrons. The molecular formula is C50H73N15O11. The Balaban J connectivity index is 1.61. The molecule has 0 spiro atoms. The lowest BCUT2D eigenvalue weighted by Gasteiger charge is -2.31. The summed E-state index contributed by atoms with van der Waals surface area (Å²) in [7, 11) is 0. The van der Waals surface area contributed by atoms with Gasteiger partial charge in [0, 0.05) is 38.9 Å². The van der Waals surface area contributed by atoms with Crippen LogP contribution < -0.4 is 71.2 Å². The van der Waals surface area contributed by atoms with Crippen LogP contribution in [0.3, 0.4) is 0 Å². The van der Waals surface area contributed by atoms with Gasteiger partial charge in [-0.05, 0) is 68.4 Å². The van der Waals surface area contributed by atoms with Crippen LogP contribution in [0.4, 0.5) is 4.79 Å². The van der Waals surface area contributed by atoms with Gasteiger partial charge in [0.2, 0.25) is 59.1 Å². The molecule has 0 bridgehead atoms. The molecule has 0 saturated carbocycles. The summed E-state index contributed by atoms with van der Waals surface area (Å²) in [5.41, 5.74) is 28.2. The van der Waals surface area contributed by atoms with E-state index in [0.29, 0.717) is 17.5 Å². The van der Waals surface area contributed by atoms with E-state index >= 15 is 0 Å². The van der Waals surface area contributed by atoms with Gasteiger partial charge < -0.3 is 76.1 Å². The van der Waals surface area contributed by atoms with Gasteiger partial charge in [-0.2, -0.15) is 0 Å². The first-order chi connectivity index (χ1) is 36.1. The van der Waals surface area contributed by atoms with Crippen molar-refractivity contribution in [3.8, 4) is 0 Å². The fourth-order valence-electron chi connectivity index (χ4n) is 8.74. The Morgan fingerprint density at radius 3 is 1.71 bits per heavy atom. The predicted octanol–water partition coefficient (Wildman–Crippen LogP) is -3.44. The van der Waals surface area contributed by atoms with E-state index in [9.17, 15) is 52.7 Å². The Kier molecular flexibility index (Phi) is 23.9. The second kappa shape index (κ2) is 30.1. The number of likely N-dealkylation sites (tertiary alicyclic amines) is 1. The lowest BCUT2D eigenvalue weighted by atomic mass is 9.99. The van der Waals surface area contributed by atoms with Crippen molar-refractivity contribution in [3.63, 3.8) is 0 Å². The van der Waals surface area contributed by atoms with E-state index in [-0.39, 0.29) is 102 Å². The number of guanidine groups is 1. The Morgan fingerprint density at radius 1 is 0.645 bits per heavy atom. The highest BCUT2D eigenvalue weighted by Crippen LogP contribution is 2.21. The van der Waals surface area contributed by atoms with Crippen molar-refractivity contribution in [3.05, 3.63) is 71.8 Å². The molecule has 4 rings (SSSR count). The van der Waals surface area contributed by atoms with Gasteiger partial charge in [0.25, 0.3) is 0 Å². The van der Waals surface area contributed by atoms with Crippen molar-refractivity contribution in [1.29, 1.82) is 0 Å². The van der Waals surface area contributed by atoms with E-state index in [1.807, 2.05) is 13.8 Å². The monoisotopic (exact) mass is 1060 g/mol. The molecule has 2 saturated heterocycles. The molecule has 26 nitrogen and oxygen atoms in total. The molecule has 2 aliphatic rings. The van der Waals surface area contributed by atoms with Crippen LogP contribution in [0, 0.1) is 5.92 Å². The standard InChI is InChI=1S/C50H73N15O11/c1-28(2)24-35(62-46(73)37(26-30-14-7-4-8-15-30)63-43(70)32-19-20-40(67)58-32)44(71)64-36(25-29-12-5-3-6-13-29)45(72)60-33(17-10-22-57-50(55)76)48(75)65-23-11-18-38(65)47(74)59-31(16-9-21-56-49(53)54)42(69)61-34(41(52)68)27-39(51)66/h3-8,12-15,28,31-38H,9-11,16-27H2,1-2H3,(H2,51,66)(H2,52,68)(H,58,67)(H,59,74)(H,60,72)(H,61,69)(H,62,73)(H,63,70)(H,64,71)(H4,53,54,56)(H3,55,57,76)/t31-,32-,33-,34-,35-,36-,37-,38-/m0/s1.